The van der Waals surface area contributed by atoms with E-state index in [-0.39, 0.29) is 6.54 Å². The van der Waals surface area contributed by atoms with Crippen LogP contribution in [0.2, 0.25) is 0 Å². The number of piperidine rings is 1. The predicted octanol–water partition coefficient (Wildman–Crippen LogP) is 2.79. The molecule has 1 N–H and O–H groups in total. The van der Waals surface area contributed by atoms with Gasteiger partial charge in [-0.15, -0.1) is 0 Å². The third-order valence-corrected chi connectivity index (χ3v) is 4.62. The van der Waals surface area contributed by atoms with Crippen molar-refractivity contribution in [2.24, 2.45) is 0 Å². The van der Waals surface area contributed by atoms with E-state index in [2.05, 4.69) is 43.0 Å². The second-order valence-corrected chi connectivity index (χ2v) is 6.71. The molecular weight excluding hydrogens is 276 g/mol. The zero-order valence-corrected chi connectivity index (χ0v) is 14.0. The number of hydrogen-bond donors (Lipinski definition) is 1. The summed E-state index contributed by atoms with van der Waals surface area (Å²) in [5.74, 6) is -0.162. The summed E-state index contributed by atoms with van der Waals surface area (Å²) >= 11 is 0. The summed E-state index contributed by atoms with van der Waals surface area (Å²) in [7, 11) is 1.92. The molecule has 0 amide bonds. The molecule has 0 saturated carbocycles. The van der Waals surface area contributed by atoms with Crippen molar-refractivity contribution in [2.45, 2.75) is 45.2 Å². The molecule has 1 aliphatic rings. The Morgan fingerprint density at radius 2 is 1.86 bits per heavy atom. The molecule has 0 bridgehead atoms. The van der Waals surface area contributed by atoms with Crippen molar-refractivity contribution >= 4 is 5.97 Å². The maximum Gasteiger partial charge on any atom is 0.317 e. The zero-order chi connectivity index (χ0) is 16.1. The molecule has 1 aromatic carbocycles. The average molecular weight is 304 g/mol. The maximum absolute atomic E-state index is 10.8. The smallest absolute Gasteiger partial charge is 0.317 e. The number of rotatable bonds is 6. The number of carbonyl (C=O) groups is 1. The van der Waals surface area contributed by atoms with Crippen molar-refractivity contribution in [3.8, 4) is 0 Å². The van der Waals surface area contributed by atoms with Gasteiger partial charge in [0.1, 0.15) is 0 Å². The van der Waals surface area contributed by atoms with Crippen molar-refractivity contribution in [3.05, 3.63) is 35.4 Å². The third-order valence-electron chi connectivity index (χ3n) is 4.62. The van der Waals surface area contributed by atoms with Gasteiger partial charge in [0.15, 0.2) is 0 Å². The van der Waals surface area contributed by atoms with Gasteiger partial charge in [0.05, 0.1) is 6.54 Å². The minimum absolute atomic E-state index is 0.140. The summed E-state index contributed by atoms with van der Waals surface area (Å²) in [5.41, 5.74) is 2.75. The van der Waals surface area contributed by atoms with Gasteiger partial charge < -0.3 is 5.11 Å². The fourth-order valence-electron chi connectivity index (χ4n) is 3.13. The fraction of sp³-hybridized carbons (Fsp3) is 0.611. The highest BCUT2D eigenvalue weighted by Gasteiger charge is 2.23. The van der Waals surface area contributed by atoms with Gasteiger partial charge in [0, 0.05) is 12.6 Å². The van der Waals surface area contributed by atoms with Crippen molar-refractivity contribution < 1.29 is 9.90 Å². The number of carboxylic acids is 1. The van der Waals surface area contributed by atoms with E-state index in [1.807, 2.05) is 11.9 Å². The predicted molar refractivity (Wildman–Crippen MR) is 89.1 cm³/mol. The molecule has 4 nitrogen and oxygen atoms in total. The molecule has 0 radical (unpaired) electrons. The number of likely N-dealkylation sites (tertiary alicyclic amines) is 1. The highest BCUT2D eigenvalue weighted by Crippen LogP contribution is 2.19. The second-order valence-electron chi connectivity index (χ2n) is 6.71. The van der Waals surface area contributed by atoms with Crippen LogP contribution in [0.25, 0.3) is 0 Å². The summed E-state index contributed by atoms with van der Waals surface area (Å²) in [6.07, 6.45) is 2.10. The van der Waals surface area contributed by atoms with Gasteiger partial charge in [0.2, 0.25) is 0 Å². The van der Waals surface area contributed by atoms with Crippen LogP contribution in [0.5, 0.6) is 0 Å². The Morgan fingerprint density at radius 3 is 2.36 bits per heavy atom. The first-order valence-electron chi connectivity index (χ1n) is 8.19. The van der Waals surface area contributed by atoms with Crippen LogP contribution in [0.4, 0.5) is 0 Å². The number of hydrogen-bond acceptors (Lipinski definition) is 3. The first-order valence-corrected chi connectivity index (χ1v) is 8.19. The molecule has 4 heteroatoms. The molecule has 1 aliphatic heterocycles. The van der Waals surface area contributed by atoms with Gasteiger partial charge >= 0.3 is 5.97 Å². The van der Waals surface area contributed by atoms with Gasteiger partial charge in [-0.05, 0) is 50.0 Å². The van der Waals surface area contributed by atoms with Crippen LogP contribution in [-0.4, -0.2) is 53.6 Å². The third kappa shape index (κ3) is 4.82. The molecule has 22 heavy (non-hydrogen) atoms. The SMILES string of the molecule is CC(C)c1ccc(CN2CCC(N(C)CC(=O)O)CC2)cc1. The number of carboxylic acid groups (broad SMARTS) is 1. The summed E-state index contributed by atoms with van der Waals surface area (Å²) in [4.78, 5) is 15.2. The van der Waals surface area contributed by atoms with Crippen LogP contribution < -0.4 is 0 Å². The Kier molecular flexibility index (Phi) is 5.98. The molecule has 122 valence electrons. The van der Waals surface area contributed by atoms with Gasteiger partial charge in [-0.25, -0.2) is 0 Å². The van der Waals surface area contributed by atoms with E-state index in [0.717, 1.165) is 32.5 Å². The molecule has 1 aromatic rings. The van der Waals surface area contributed by atoms with Crippen LogP contribution in [0.3, 0.4) is 0 Å². The Balaban J connectivity index is 1.81. The van der Waals surface area contributed by atoms with Gasteiger partial charge in [0.25, 0.3) is 0 Å². The largest absolute Gasteiger partial charge is 0.480 e. The minimum Gasteiger partial charge on any atom is -0.480 e. The van der Waals surface area contributed by atoms with E-state index in [0.29, 0.717) is 12.0 Å². The van der Waals surface area contributed by atoms with E-state index in [9.17, 15) is 4.79 Å². The fourth-order valence-corrected chi connectivity index (χ4v) is 3.13. The standard InChI is InChI=1S/C18H28N2O2/c1-14(2)16-6-4-15(5-7-16)12-20-10-8-17(9-11-20)19(3)13-18(21)22/h4-7,14,17H,8-13H2,1-3H3,(H,21,22). The molecule has 2 rings (SSSR count). The van der Waals surface area contributed by atoms with Crippen LogP contribution in [0.1, 0.15) is 43.7 Å². The van der Waals surface area contributed by atoms with Crippen LogP contribution in [0, 0.1) is 0 Å². The number of likely N-dealkylation sites (N-methyl/N-ethyl adjacent to an activating group) is 1. The molecule has 1 fully saturated rings. The number of nitrogens with zero attached hydrogens (tertiary/aromatic N) is 2. The van der Waals surface area contributed by atoms with E-state index in [1.54, 1.807) is 0 Å². The second kappa shape index (κ2) is 7.75. The molecule has 0 atom stereocenters. The van der Waals surface area contributed by atoms with Crippen molar-refractivity contribution in [1.29, 1.82) is 0 Å². The van der Waals surface area contributed by atoms with Gasteiger partial charge in [-0.1, -0.05) is 38.1 Å². The zero-order valence-electron chi connectivity index (χ0n) is 14.0. The monoisotopic (exact) mass is 304 g/mol. The first kappa shape index (κ1) is 17.0. The summed E-state index contributed by atoms with van der Waals surface area (Å²) in [6, 6.07) is 9.33. The summed E-state index contributed by atoms with van der Waals surface area (Å²) in [5, 5.41) is 8.87. The molecule has 0 aromatic heterocycles. The molecule has 1 saturated heterocycles. The van der Waals surface area contributed by atoms with Crippen LogP contribution in [0.15, 0.2) is 24.3 Å². The molecule has 0 unspecified atom stereocenters. The highest BCUT2D eigenvalue weighted by atomic mass is 16.4. The lowest BCUT2D eigenvalue weighted by atomic mass is 10.0. The minimum atomic E-state index is -0.741. The Morgan fingerprint density at radius 1 is 1.27 bits per heavy atom. The van der Waals surface area contributed by atoms with Crippen molar-refractivity contribution in [1.82, 2.24) is 9.80 Å². The normalized spacial score (nSPS) is 17.3. The molecule has 0 spiro atoms. The topological polar surface area (TPSA) is 43.8 Å². The van der Waals surface area contributed by atoms with Crippen molar-refractivity contribution in [2.75, 3.05) is 26.7 Å². The van der Waals surface area contributed by atoms with Gasteiger partial charge in [-0.3, -0.25) is 14.6 Å². The number of aliphatic carboxylic acids is 1. The average Bonchev–Trinajstić information content (AvgIpc) is 2.48. The lowest BCUT2D eigenvalue weighted by molar-refractivity contribution is -0.138. The number of benzene rings is 1. The van der Waals surface area contributed by atoms with E-state index >= 15 is 0 Å². The lowest BCUT2D eigenvalue weighted by Crippen LogP contribution is -2.44. The van der Waals surface area contributed by atoms with E-state index < -0.39 is 5.97 Å². The van der Waals surface area contributed by atoms with Crippen LogP contribution >= 0.6 is 0 Å². The quantitative estimate of drug-likeness (QED) is 0.877. The van der Waals surface area contributed by atoms with Crippen molar-refractivity contribution in [3.63, 3.8) is 0 Å². The summed E-state index contributed by atoms with van der Waals surface area (Å²) < 4.78 is 0. The van der Waals surface area contributed by atoms with E-state index in [1.165, 1.54) is 11.1 Å². The Hall–Kier alpha value is -1.39. The summed E-state index contributed by atoms with van der Waals surface area (Å²) in [6.45, 7) is 7.65. The van der Waals surface area contributed by atoms with Crippen LogP contribution in [-0.2, 0) is 11.3 Å². The van der Waals surface area contributed by atoms with Gasteiger partial charge in [-0.2, -0.15) is 0 Å². The first-order chi connectivity index (χ1) is 10.5. The molecule has 1 heterocycles. The van der Waals surface area contributed by atoms with E-state index in [4.69, 9.17) is 5.11 Å². The highest BCUT2D eigenvalue weighted by molar-refractivity contribution is 5.69. The Bertz CT molecular complexity index is 476. The molecular formula is C18H28N2O2. The lowest BCUT2D eigenvalue weighted by Gasteiger charge is -2.36. The molecule has 0 aliphatic carbocycles. The Labute approximate surface area is 133 Å². The maximum atomic E-state index is 10.8.